The molecule has 7 heteroatoms. The molecule has 0 atom stereocenters. The van der Waals surface area contributed by atoms with E-state index in [-0.39, 0.29) is 24.5 Å². The Morgan fingerprint density at radius 2 is 1.86 bits per heavy atom. The minimum Gasteiger partial charge on any atom is -0.508 e. The highest BCUT2D eigenvalue weighted by Gasteiger charge is 2.39. The summed E-state index contributed by atoms with van der Waals surface area (Å²) in [5, 5.41) is 9.27. The van der Waals surface area contributed by atoms with E-state index in [0.29, 0.717) is 5.69 Å². The van der Waals surface area contributed by atoms with E-state index in [4.69, 9.17) is 0 Å². The standard InChI is InChI=1S/C15H14N4O3/c1-10-14(21)19(7-11-2-4-13(20)5-3-11)15(22)18(10)8-12-6-16-9-17-12/h2-6,9,20H,1,7-8H2,(H,16,17). The minimum absolute atomic E-state index is 0.133. The number of phenols is 1. The van der Waals surface area contributed by atoms with Gasteiger partial charge < -0.3 is 10.1 Å². The summed E-state index contributed by atoms with van der Waals surface area (Å²) in [5.74, 6) is -0.286. The first kappa shape index (κ1) is 13.9. The molecule has 2 heterocycles. The van der Waals surface area contributed by atoms with Gasteiger partial charge in [0.05, 0.1) is 25.1 Å². The van der Waals surface area contributed by atoms with Gasteiger partial charge in [0, 0.05) is 6.20 Å². The first-order chi connectivity index (χ1) is 10.6. The Hall–Kier alpha value is -3.09. The number of phenolic OH excluding ortho intramolecular Hbond substituents is 1. The van der Waals surface area contributed by atoms with Crippen molar-refractivity contribution in [2.45, 2.75) is 13.1 Å². The number of hydrogen-bond donors (Lipinski definition) is 2. The van der Waals surface area contributed by atoms with Gasteiger partial charge in [0.15, 0.2) is 0 Å². The molecule has 2 aromatic rings. The number of hydrogen-bond acceptors (Lipinski definition) is 4. The molecular weight excluding hydrogens is 284 g/mol. The van der Waals surface area contributed by atoms with Crippen molar-refractivity contribution in [1.82, 2.24) is 19.8 Å². The Labute approximate surface area is 126 Å². The van der Waals surface area contributed by atoms with Gasteiger partial charge in [-0.25, -0.2) is 9.78 Å². The third-order valence-electron chi connectivity index (χ3n) is 3.44. The zero-order chi connectivity index (χ0) is 15.7. The number of imide groups is 1. The summed E-state index contributed by atoms with van der Waals surface area (Å²) in [6.07, 6.45) is 3.10. The molecule has 112 valence electrons. The summed E-state index contributed by atoms with van der Waals surface area (Å²) >= 11 is 0. The Bertz CT molecular complexity index is 722. The number of nitrogens with zero attached hydrogens (tertiary/aromatic N) is 3. The second-order valence-corrected chi connectivity index (χ2v) is 4.95. The summed E-state index contributed by atoms with van der Waals surface area (Å²) < 4.78 is 0. The molecule has 0 unspecified atom stereocenters. The third-order valence-corrected chi connectivity index (χ3v) is 3.44. The van der Waals surface area contributed by atoms with Crippen LogP contribution in [0.15, 0.2) is 49.1 Å². The summed E-state index contributed by atoms with van der Waals surface area (Å²) in [6, 6.07) is 5.93. The van der Waals surface area contributed by atoms with Crippen LogP contribution in [0, 0.1) is 0 Å². The highest BCUT2D eigenvalue weighted by molar-refractivity contribution is 6.11. The molecule has 3 rings (SSSR count). The van der Waals surface area contributed by atoms with Crippen LogP contribution in [0.25, 0.3) is 0 Å². The zero-order valence-corrected chi connectivity index (χ0v) is 11.7. The number of aromatic hydroxyl groups is 1. The molecule has 22 heavy (non-hydrogen) atoms. The number of amides is 3. The van der Waals surface area contributed by atoms with Gasteiger partial charge >= 0.3 is 6.03 Å². The average molecular weight is 298 g/mol. The van der Waals surface area contributed by atoms with Crippen LogP contribution in [0.3, 0.4) is 0 Å². The smallest absolute Gasteiger partial charge is 0.332 e. The van der Waals surface area contributed by atoms with Crippen LogP contribution in [0.1, 0.15) is 11.3 Å². The lowest BCUT2D eigenvalue weighted by Crippen LogP contribution is -2.32. The summed E-state index contributed by atoms with van der Waals surface area (Å²) in [7, 11) is 0. The van der Waals surface area contributed by atoms with Crippen molar-refractivity contribution in [2.24, 2.45) is 0 Å². The first-order valence-electron chi connectivity index (χ1n) is 6.63. The molecule has 1 fully saturated rings. The van der Waals surface area contributed by atoms with Crippen LogP contribution in [0.4, 0.5) is 4.79 Å². The molecular formula is C15H14N4O3. The number of rotatable bonds is 4. The average Bonchev–Trinajstić information content (AvgIpc) is 3.09. The fourth-order valence-electron chi connectivity index (χ4n) is 2.25. The van der Waals surface area contributed by atoms with Crippen molar-refractivity contribution in [3.63, 3.8) is 0 Å². The number of carbonyl (C=O) groups is 2. The molecule has 1 aliphatic rings. The van der Waals surface area contributed by atoms with Gasteiger partial charge in [-0.05, 0) is 17.7 Å². The van der Waals surface area contributed by atoms with Crippen molar-refractivity contribution in [1.29, 1.82) is 0 Å². The first-order valence-corrected chi connectivity index (χ1v) is 6.63. The summed E-state index contributed by atoms with van der Waals surface area (Å²) in [6.45, 7) is 4.05. The molecule has 2 N–H and O–H groups in total. The van der Waals surface area contributed by atoms with Crippen molar-refractivity contribution in [2.75, 3.05) is 0 Å². The molecule has 0 aliphatic carbocycles. The molecule has 0 bridgehead atoms. The predicted octanol–water partition coefficient (Wildman–Crippen LogP) is 1.59. The number of urea groups is 1. The lowest BCUT2D eigenvalue weighted by atomic mass is 10.2. The largest absolute Gasteiger partial charge is 0.508 e. The van der Waals surface area contributed by atoms with Gasteiger partial charge in [0.25, 0.3) is 5.91 Å². The molecule has 1 aromatic heterocycles. The second kappa shape index (κ2) is 5.36. The Kier molecular flexibility index (Phi) is 3.38. The maximum atomic E-state index is 12.4. The summed E-state index contributed by atoms with van der Waals surface area (Å²) in [4.78, 5) is 33.8. The van der Waals surface area contributed by atoms with Crippen LogP contribution < -0.4 is 0 Å². The van der Waals surface area contributed by atoms with Gasteiger partial charge in [-0.3, -0.25) is 14.6 Å². The van der Waals surface area contributed by atoms with Gasteiger partial charge in [0.2, 0.25) is 0 Å². The minimum atomic E-state index is -0.419. The predicted molar refractivity (Wildman–Crippen MR) is 77.3 cm³/mol. The van der Waals surface area contributed by atoms with E-state index in [2.05, 4.69) is 16.5 Å². The maximum absolute atomic E-state index is 12.4. The van der Waals surface area contributed by atoms with Gasteiger partial charge in [-0.15, -0.1) is 0 Å². The second-order valence-electron chi connectivity index (χ2n) is 4.95. The normalized spacial score (nSPS) is 15.0. The number of imidazole rings is 1. The Morgan fingerprint density at radius 1 is 1.14 bits per heavy atom. The van der Waals surface area contributed by atoms with E-state index in [9.17, 15) is 14.7 Å². The third kappa shape index (κ3) is 2.44. The van der Waals surface area contributed by atoms with Gasteiger partial charge in [-0.1, -0.05) is 18.7 Å². The van der Waals surface area contributed by atoms with Crippen LogP contribution in [0.2, 0.25) is 0 Å². The molecule has 0 radical (unpaired) electrons. The molecule has 0 spiro atoms. The SMILES string of the molecule is C=C1C(=O)N(Cc2ccc(O)cc2)C(=O)N1Cc1cnc[nH]1. The Morgan fingerprint density at radius 3 is 2.50 bits per heavy atom. The van der Waals surface area contributed by atoms with Gasteiger partial charge in [0.1, 0.15) is 11.4 Å². The van der Waals surface area contributed by atoms with E-state index < -0.39 is 11.9 Å². The zero-order valence-electron chi connectivity index (χ0n) is 11.7. The molecule has 0 saturated carbocycles. The van der Waals surface area contributed by atoms with Crippen molar-refractivity contribution < 1.29 is 14.7 Å². The molecule has 1 aliphatic heterocycles. The fraction of sp³-hybridized carbons (Fsp3) is 0.133. The summed E-state index contributed by atoms with van der Waals surface area (Å²) in [5.41, 5.74) is 1.60. The maximum Gasteiger partial charge on any atom is 0.332 e. The van der Waals surface area contributed by atoms with E-state index in [1.807, 2.05) is 0 Å². The van der Waals surface area contributed by atoms with Crippen molar-refractivity contribution >= 4 is 11.9 Å². The molecule has 7 nitrogen and oxygen atoms in total. The molecule has 1 aromatic carbocycles. The highest BCUT2D eigenvalue weighted by atomic mass is 16.3. The fourth-order valence-corrected chi connectivity index (χ4v) is 2.25. The van der Waals surface area contributed by atoms with Crippen LogP contribution >= 0.6 is 0 Å². The molecule has 1 saturated heterocycles. The van der Waals surface area contributed by atoms with E-state index in [1.165, 1.54) is 23.4 Å². The lowest BCUT2D eigenvalue weighted by Gasteiger charge is -2.16. The van der Waals surface area contributed by atoms with Gasteiger partial charge in [-0.2, -0.15) is 0 Å². The number of aromatic nitrogens is 2. The quantitative estimate of drug-likeness (QED) is 0.662. The lowest BCUT2D eigenvalue weighted by molar-refractivity contribution is -0.123. The number of H-pyrrole nitrogens is 1. The Balaban J connectivity index is 1.78. The molecule has 3 amide bonds. The van der Waals surface area contributed by atoms with Crippen molar-refractivity contribution in [3.8, 4) is 5.75 Å². The van der Waals surface area contributed by atoms with E-state index in [1.54, 1.807) is 18.3 Å². The van der Waals surface area contributed by atoms with Crippen molar-refractivity contribution in [3.05, 3.63) is 60.3 Å². The van der Waals surface area contributed by atoms with E-state index >= 15 is 0 Å². The highest BCUT2D eigenvalue weighted by Crippen LogP contribution is 2.24. The van der Waals surface area contributed by atoms with Crippen LogP contribution in [-0.4, -0.2) is 36.8 Å². The number of aromatic amines is 1. The van der Waals surface area contributed by atoms with Crippen LogP contribution in [0.5, 0.6) is 5.75 Å². The van der Waals surface area contributed by atoms with Crippen LogP contribution in [-0.2, 0) is 17.9 Å². The number of carbonyl (C=O) groups excluding carboxylic acids is 2. The number of benzene rings is 1. The van der Waals surface area contributed by atoms with E-state index in [0.717, 1.165) is 10.5 Å². The number of nitrogens with one attached hydrogen (secondary N) is 1. The topological polar surface area (TPSA) is 89.5 Å². The monoisotopic (exact) mass is 298 g/mol.